The van der Waals surface area contributed by atoms with E-state index in [1.165, 1.54) is 0 Å². The molecular formula is C14H22F3N3O3. The number of amides is 2. The number of urea groups is 1. The highest BCUT2D eigenvalue weighted by molar-refractivity contribution is 5.74. The molecule has 0 saturated heterocycles. The van der Waals surface area contributed by atoms with Gasteiger partial charge in [-0.1, -0.05) is 0 Å². The maximum atomic E-state index is 12.2. The van der Waals surface area contributed by atoms with Crippen LogP contribution in [0.2, 0.25) is 0 Å². The molecule has 6 nitrogen and oxygen atoms in total. The minimum absolute atomic E-state index is 0.0319. The van der Waals surface area contributed by atoms with Crippen LogP contribution in [0.25, 0.3) is 0 Å². The van der Waals surface area contributed by atoms with Crippen LogP contribution in [0.3, 0.4) is 0 Å². The summed E-state index contributed by atoms with van der Waals surface area (Å²) in [6.07, 6.45) is -1.04. The number of halogens is 3. The normalized spacial score (nSPS) is 24.2. The Balaban J connectivity index is 1.74. The highest BCUT2D eigenvalue weighted by Gasteiger charge is 2.39. The molecule has 0 aromatic heterocycles. The summed E-state index contributed by atoms with van der Waals surface area (Å²) in [4.78, 5) is 25.1. The van der Waals surface area contributed by atoms with E-state index in [9.17, 15) is 22.8 Å². The molecule has 0 radical (unpaired) electrons. The third-order valence-electron chi connectivity index (χ3n) is 4.25. The first-order chi connectivity index (χ1) is 10.6. The van der Waals surface area contributed by atoms with E-state index in [2.05, 4.69) is 5.32 Å². The molecule has 23 heavy (non-hydrogen) atoms. The Morgan fingerprint density at radius 1 is 1.26 bits per heavy atom. The molecule has 0 aromatic carbocycles. The molecule has 2 aliphatic carbocycles. The molecule has 0 bridgehead atoms. The fraction of sp³-hybridized carbons (Fsp3) is 0.857. The van der Waals surface area contributed by atoms with Gasteiger partial charge in [-0.15, -0.1) is 0 Å². The second kappa shape index (κ2) is 6.94. The molecule has 0 aliphatic heterocycles. The molecule has 0 unspecified atom stereocenters. The molecule has 2 rings (SSSR count). The lowest BCUT2D eigenvalue weighted by Crippen LogP contribution is -2.57. The second-order valence-electron chi connectivity index (χ2n) is 6.51. The van der Waals surface area contributed by atoms with E-state index in [1.807, 2.05) is 4.90 Å². The average molecular weight is 337 g/mol. The number of alkyl halides is 3. The number of carboxylic acid groups (broad SMARTS) is 1. The number of carboxylic acids is 1. The van der Waals surface area contributed by atoms with Crippen molar-refractivity contribution in [2.75, 3.05) is 26.7 Å². The zero-order valence-electron chi connectivity index (χ0n) is 13.0. The summed E-state index contributed by atoms with van der Waals surface area (Å²) in [6, 6.07) is -0.874. The Bertz CT molecular complexity index is 448. The van der Waals surface area contributed by atoms with Crippen molar-refractivity contribution in [2.45, 2.75) is 43.9 Å². The van der Waals surface area contributed by atoms with Gasteiger partial charge in [0.25, 0.3) is 0 Å². The van der Waals surface area contributed by atoms with E-state index in [0.717, 1.165) is 26.4 Å². The first kappa shape index (κ1) is 17.8. The maximum Gasteiger partial charge on any atom is 0.406 e. The van der Waals surface area contributed by atoms with Crippen LogP contribution < -0.4 is 5.32 Å². The Morgan fingerprint density at radius 3 is 2.35 bits per heavy atom. The number of nitrogens with one attached hydrogen (secondary N) is 1. The first-order valence-electron chi connectivity index (χ1n) is 7.68. The van der Waals surface area contributed by atoms with Gasteiger partial charge in [-0.25, -0.2) is 4.79 Å². The largest absolute Gasteiger partial charge is 0.480 e. The monoisotopic (exact) mass is 337 g/mol. The second-order valence-corrected chi connectivity index (χ2v) is 6.51. The number of nitrogens with zero attached hydrogens (tertiary/aromatic N) is 2. The number of hydrogen-bond donors (Lipinski definition) is 2. The van der Waals surface area contributed by atoms with E-state index in [-0.39, 0.29) is 18.6 Å². The van der Waals surface area contributed by atoms with E-state index in [0.29, 0.717) is 23.7 Å². The Labute approximate surface area is 132 Å². The smallest absolute Gasteiger partial charge is 0.406 e. The molecule has 2 fully saturated rings. The lowest BCUT2D eigenvalue weighted by atomic mass is 9.85. The summed E-state index contributed by atoms with van der Waals surface area (Å²) in [7, 11) is 1.10. The number of carbonyl (C=O) groups excluding carboxylic acids is 1. The van der Waals surface area contributed by atoms with Crippen LogP contribution in [-0.2, 0) is 4.79 Å². The van der Waals surface area contributed by atoms with Gasteiger partial charge in [-0.3, -0.25) is 9.69 Å². The summed E-state index contributed by atoms with van der Waals surface area (Å²) < 4.78 is 36.7. The minimum atomic E-state index is -4.42. The predicted molar refractivity (Wildman–Crippen MR) is 76.0 cm³/mol. The molecule has 2 saturated carbocycles. The highest BCUT2D eigenvalue weighted by atomic mass is 19.4. The fourth-order valence-electron chi connectivity index (χ4n) is 2.78. The predicted octanol–water partition coefficient (Wildman–Crippen LogP) is 1.52. The van der Waals surface area contributed by atoms with Gasteiger partial charge >= 0.3 is 18.2 Å². The SMILES string of the molecule is CN(CC(F)(F)F)C(=O)NC1CC(N(CC(=O)O)CC2CC2)C1. The third-order valence-corrected chi connectivity index (χ3v) is 4.25. The molecule has 9 heteroatoms. The molecule has 2 N–H and O–H groups in total. The molecule has 132 valence electrons. The van der Waals surface area contributed by atoms with Gasteiger partial charge < -0.3 is 15.3 Å². The van der Waals surface area contributed by atoms with Crippen molar-refractivity contribution in [3.63, 3.8) is 0 Å². The van der Waals surface area contributed by atoms with Gasteiger partial charge in [0.1, 0.15) is 6.54 Å². The van der Waals surface area contributed by atoms with E-state index < -0.39 is 24.7 Å². The van der Waals surface area contributed by atoms with E-state index in [4.69, 9.17) is 5.11 Å². The molecule has 0 heterocycles. The van der Waals surface area contributed by atoms with Gasteiger partial charge in [0.05, 0.1) is 6.54 Å². The molecule has 0 aromatic rings. The van der Waals surface area contributed by atoms with Crippen molar-refractivity contribution in [1.82, 2.24) is 15.1 Å². The van der Waals surface area contributed by atoms with Gasteiger partial charge in [0, 0.05) is 25.7 Å². The van der Waals surface area contributed by atoms with Crippen LogP contribution in [0, 0.1) is 5.92 Å². The topological polar surface area (TPSA) is 72.9 Å². The van der Waals surface area contributed by atoms with Gasteiger partial charge in [0.2, 0.25) is 0 Å². The van der Waals surface area contributed by atoms with Crippen molar-refractivity contribution < 1.29 is 27.9 Å². The van der Waals surface area contributed by atoms with Gasteiger partial charge in [-0.2, -0.15) is 13.2 Å². The van der Waals surface area contributed by atoms with Crippen molar-refractivity contribution >= 4 is 12.0 Å². The van der Waals surface area contributed by atoms with Crippen LogP contribution in [0.5, 0.6) is 0 Å². The van der Waals surface area contributed by atoms with Crippen molar-refractivity contribution in [3.05, 3.63) is 0 Å². The summed E-state index contributed by atoms with van der Waals surface area (Å²) in [6.45, 7) is -0.580. The van der Waals surface area contributed by atoms with Crippen LogP contribution in [0.15, 0.2) is 0 Å². The standard InChI is InChI=1S/C14H22F3N3O3/c1-19(8-14(15,16)17)13(23)18-10-4-11(5-10)20(7-12(21)22)6-9-2-3-9/h9-11H,2-8H2,1H3,(H,18,23)(H,21,22). The average Bonchev–Trinajstić information content (AvgIpc) is 3.13. The summed E-state index contributed by atoms with van der Waals surface area (Å²) in [5.74, 6) is -0.330. The molecule has 0 atom stereocenters. The van der Waals surface area contributed by atoms with Crippen molar-refractivity contribution in [3.8, 4) is 0 Å². The van der Waals surface area contributed by atoms with Crippen LogP contribution >= 0.6 is 0 Å². The van der Waals surface area contributed by atoms with Gasteiger partial charge in [0.15, 0.2) is 0 Å². The number of hydrogen-bond acceptors (Lipinski definition) is 3. The van der Waals surface area contributed by atoms with Crippen LogP contribution in [-0.4, -0.2) is 71.8 Å². The molecule has 0 spiro atoms. The molecule has 2 aliphatic rings. The molecule has 2 amide bonds. The maximum absolute atomic E-state index is 12.2. The van der Waals surface area contributed by atoms with Crippen molar-refractivity contribution in [1.29, 1.82) is 0 Å². The lowest BCUT2D eigenvalue weighted by Gasteiger charge is -2.43. The Morgan fingerprint density at radius 2 is 1.87 bits per heavy atom. The molecular weight excluding hydrogens is 315 g/mol. The first-order valence-corrected chi connectivity index (χ1v) is 7.68. The van der Waals surface area contributed by atoms with Gasteiger partial charge in [-0.05, 0) is 31.6 Å². The Hall–Kier alpha value is -1.51. The third kappa shape index (κ3) is 5.89. The van der Waals surface area contributed by atoms with E-state index >= 15 is 0 Å². The van der Waals surface area contributed by atoms with Crippen LogP contribution in [0.1, 0.15) is 25.7 Å². The number of aliphatic carboxylic acids is 1. The fourth-order valence-corrected chi connectivity index (χ4v) is 2.78. The summed E-state index contributed by atoms with van der Waals surface area (Å²) in [5.41, 5.74) is 0. The van der Waals surface area contributed by atoms with Crippen molar-refractivity contribution in [2.24, 2.45) is 5.92 Å². The quantitative estimate of drug-likeness (QED) is 0.739. The summed E-state index contributed by atoms with van der Waals surface area (Å²) >= 11 is 0. The van der Waals surface area contributed by atoms with Crippen LogP contribution in [0.4, 0.5) is 18.0 Å². The highest BCUT2D eigenvalue weighted by Crippen LogP contribution is 2.33. The minimum Gasteiger partial charge on any atom is -0.480 e. The summed E-state index contributed by atoms with van der Waals surface area (Å²) in [5, 5.41) is 11.5. The van der Waals surface area contributed by atoms with E-state index in [1.54, 1.807) is 0 Å². The zero-order valence-corrected chi connectivity index (χ0v) is 13.0. The number of rotatable bonds is 7. The Kier molecular flexibility index (Phi) is 5.38. The number of carbonyl (C=O) groups is 2. The lowest BCUT2D eigenvalue weighted by molar-refractivity contribution is -0.139. The zero-order chi connectivity index (χ0) is 17.2.